The van der Waals surface area contributed by atoms with E-state index in [-0.39, 0.29) is 0 Å². The van der Waals surface area contributed by atoms with Gasteiger partial charge in [-0.2, -0.15) is 0 Å². The first-order valence-electron chi connectivity index (χ1n) is 7.76. The van der Waals surface area contributed by atoms with E-state index in [0.717, 1.165) is 50.1 Å². The van der Waals surface area contributed by atoms with Crippen molar-refractivity contribution in [3.05, 3.63) is 28.8 Å². The molecule has 1 aliphatic heterocycles. The van der Waals surface area contributed by atoms with E-state index in [1.165, 1.54) is 17.0 Å². The first-order valence-corrected chi connectivity index (χ1v) is 8.57. The van der Waals surface area contributed by atoms with Crippen molar-refractivity contribution in [1.82, 2.24) is 19.9 Å². The van der Waals surface area contributed by atoms with Gasteiger partial charge in [-0.15, -0.1) is 11.3 Å². The van der Waals surface area contributed by atoms with Crippen LogP contribution in [0.5, 0.6) is 0 Å². The maximum absolute atomic E-state index is 4.86. The molecule has 0 saturated carbocycles. The molecule has 114 valence electrons. The highest BCUT2D eigenvalue weighted by molar-refractivity contribution is 7.15. The average Bonchev–Trinajstić information content (AvgIpc) is 3.13. The number of aryl methyl sites for hydroxylation is 1. The van der Waals surface area contributed by atoms with Crippen molar-refractivity contribution in [3.8, 4) is 0 Å². The van der Waals surface area contributed by atoms with Gasteiger partial charge in [0.1, 0.15) is 5.82 Å². The number of anilines is 1. The molecule has 3 rings (SSSR count). The Hall–Kier alpha value is -1.40. The van der Waals surface area contributed by atoms with Gasteiger partial charge < -0.3 is 14.8 Å². The van der Waals surface area contributed by atoms with Gasteiger partial charge in [0.05, 0.1) is 12.2 Å². The quantitative estimate of drug-likeness (QED) is 0.833. The lowest BCUT2D eigenvalue weighted by Gasteiger charge is -2.27. The minimum atomic E-state index is 0.867. The number of fused-ring (bicyclic) bond motifs is 1. The summed E-state index contributed by atoms with van der Waals surface area (Å²) >= 11 is 1.83. The monoisotopic (exact) mass is 305 g/mol. The maximum atomic E-state index is 4.86. The molecule has 2 aromatic heterocycles. The minimum absolute atomic E-state index is 0.867. The molecule has 0 amide bonds. The molecular weight excluding hydrogens is 282 g/mol. The zero-order chi connectivity index (χ0) is 14.7. The molecule has 3 heterocycles. The second-order valence-corrected chi connectivity index (χ2v) is 6.42. The molecule has 1 aliphatic rings. The fourth-order valence-corrected chi connectivity index (χ4v) is 3.78. The number of imidazole rings is 1. The molecule has 0 bridgehead atoms. The predicted molar refractivity (Wildman–Crippen MR) is 86.8 cm³/mol. The first kappa shape index (κ1) is 14.5. The smallest absolute Gasteiger partial charge is 0.186 e. The summed E-state index contributed by atoms with van der Waals surface area (Å²) in [5.74, 6) is 1.14. The van der Waals surface area contributed by atoms with E-state index >= 15 is 0 Å². The van der Waals surface area contributed by atoms with Gasteiger partial charge in [-0.3, -0.25) is 0 Å². The zero-order valence-corrected chi connectivity index (χ0v) is 13.6. The number of rotatable bonds is 6. The lowest BCUT2D eigenvalue weighted by atomic mass is 10.3. The van der Waals surface area contributed by atoms with Crippen LogP contribution in [0, 0.1) is 0 Å². The molecule has 0 unspecified atom stereocenters. The summed E-state index contributed by atoms with van der Waals surface area (Å²) in [6, 6.07) is 0. The van der Waals surface area contributed by atoms with Crippen molar-refractivity contribution in [2.75, 3.05) is 18.0 Å². The van der Waals surface area contributed by atoms with Gasteiger partial charge in [0, 0.05) is 36.9 Å². The Morgan fingerprint density at radius 3 is 3.05 bits per heavy atom. The topological polar surface area (TPSA) is 46.0 Å². The van der Waals surface area contributed by atoms with E-state index in [1.54, 1.807) is 0 Å². The van der Waals surface area contributed by atoms with E-state index in [0.29, 0.717) is 0 Å². The fourth-order valence-electron chi connectivity index (χ4n) is 2.63. The van der Waals surface area contributed by atoms with Crippen LogP contribution in [0.2, 0.25) is 0 Å². The van der Waals surface area contributed by atoms with E-state index < -0.39 is 0 Å². The Labute approximate surface area is 130 Å². The molecule has 0 aromatic carbocycles. The molecule has 5 nitrogen and oxygen atoms in total. The van der Waals surface area contributed by atoms with Gasteiger partial charge >= 0.3 is 0 Å². The van der Waals surface area contributed by atoms with Crippen LogP contribution in [0.3, 0.4) is 0 Å². The first-order chi connectivity index (χ1) is 10.3. The molecule has 0 fully saturated rings. The highest BCUT2D eigenvalue weighted by Crippen LogP contribution is 2.29. The van der Waals surface area contributed by atoms with Crippen molar-refractivity contribution < 1.29 is 0 Å². The summed E-state index contributed by atoms with van der Waals surface area (Å²) in [6.07, 6.45) is 6.12. The van der Waals surface area contributed by atoms with Crippen LogP contribution in [0.1, 0.15) is 36.7 Å². The molecule has 1 N–H and O–H groups in total. The van der Waals surface area contributed by atoms with Crippen molar-refractivity contribution in [3.63, 3.8) is 0 Å². The highest BCUT2D eigenvalue weighted by atomic mass is 32.1. The Bertz CT molecular complexity index is 589. The maximum Gasteiger partial charge on any atom is 0.186 e. The predicted octanol–water partition coefficient (Wildman–Crippen LogP) is 2.42. The third-order valence-corrected chi connectivity index (χ3v) is 4.99. The number of thiazole rings is 1. The van der Waals surface area contributed by atoms with Crippen LogP contribution in [-0.4, -0.2) is 27.6 Å². The van der Waals surface area contributed by atoms with Crippen LogP contribution >= 0.6 is 11.3 Å². The van der Waals surface area contributed by atoms with Gasteiger partial charge in [0.2, 0.25) is 0 Å². The van der Waals surface area contributed by atoms with Crippen molar-refractivity contribution >= 4 is 16.5 Å². The third kappa shape index (κ3) is 3.11. The number of nitrogens with zero attached hydrogens (tertiary/aromatic N) is 4. The van der Waals surface area contributed by atoms with Gasteiger partial charge in [-0.1, -0.05) is 13.8 Å². The second-order valence-electron chi connectivity index (χ2n) is 5.36. The lowest BCUT2D eigenvalue weighted by Crippen LogP contribution is -2.33. The number of hydrogen-bond donors (Lipinski definition) is 1. The molecule has 0 spiro atoms. The third-order valence-electron chi connectivity index (χ3n) is 3.83. The molecule has 0 radical (unpaired) electrons. The van der Waals surface area contributed by atoms with Gasteiger partial charge in [0.15, 0.2) is 5.13 Å². The molecule has 2 aromatic rings. The molecular formula is C15H23N5S. The summed E-state index contributed by atoms with van der Waals surface area (Å²) in [7, 11) is 0. The number of hydrogen-bond acceptors (Lipinski definition) is 5. The van der Waals surface area contributed by atoms with Gasteiger partial charge in [-0.25, -0.2) is 9.97 Å². The summed E-state index contributed by atoms with van der Waals surface area (Å²) in [5.41, 5.74) is 1.24. The van der Waals surface area contributed by atoms with Gasteiger partial charge in [0.25, 0.3) is 0 Å². The van der Waals surface area contributed by atoms with E-state index in [9.17, 15) is 0 Å². The molecule has 0 aliphatic carbocycles. The summed E-state index contributed by atoms with van der Waals surface area (Å²) in [6.45, 7) is 9.27. The Morgan fingerprint density at radius 1 is 1.33 bits per heavy atom. The van der Waals surface area contributed by atoms with Crippen molar-refractivity contribution in [1.29, 1.82) is 0 Å². The second kappa shape index (κ2) is 6.58. The lowest BCUT2D eigenvalue weighted by molar-refractivity contribution is 0.559. The molecule has 21 heavy (non-hydrogen) atoms. The van der Waals surface area contributed by atoms with Crippen LogP contribution < -0.4 is 10.2 Å². The van der Waals surface area contributed by atoms with Crippen LogP contribution in [-0.2, 0) is 26.1 Å². The standard InChI is InChI=1S/C15H23N5S/c1-3-5-16-10-13-12(4-2)18-15(21-13)20-9-8-19-7-6-17-14(19)11-20/h6-7,16H,3-5,8-11H2,1-2H3. The van der Waals surface area contributed by atoms with Crippen molar-refractivity contribution in [2.24, 2.45) is 0 Å². The number of nitrogens with one attached hydrogen (secondary N) is 1. The van der Waals surface area contributed by atoms with E-state index in [4.69, 9.17) is 4.98 Å². The summed E-state index contributed by atoms with van der Waals surface area (Å²) in [4.78, 5) is 13.0. The van der Waals surface area contributed by atoms with Crippen LogP contribution in [0.25, 0.3) is 0 Å². The molecule has 6 heteroatoms. The van der Waals surface area contributed by atoms with Crippen LogP contribution in [0.4, 0.5) is 5.13 Å². The Balaban J connectivity index is 1.74. The van der Waals surface area contributed by atoms with Crippen LogP contribution in [0.15, 0.2) is 12.4 Å². The van der Waals surface area contributed by atoms with E-state index in [2.05, 4.69) is 39.8 Å². The number of aromatic nitrogens is 3. The largest absolute Gasteiger partial charge is 0.339 e. The fraction of sp³-hybridized carbons (Fsp3) is 0.600. The Morgan fingerprint density at radius 2 is 2.24 bits per heavy atom. The molecule has 0 saturated heterocycles. The normalized spacial score (nSPS) is 14.5. The molecule has 0 atom stereocenters. The summed E-state index contributed by atoms with van der Waals surface area (Å²) in [5, 5.41) is 4.64. The van der Waals surface area contributed by atoms with E-state index in [1.807, 2.05) is 17.5 Å². The van der Waals surface area contributed by atoms with Gasteiger partial charge in [-0.05, 0) is 19.4 Å². The minimum Gasteiger partial charge on any atom is -0.339 e. The SMILES string of the molecule is CCCNCc1sc(N2CCn3ccnc3C2)nc1CC. The van der Waals surface area contributed by atoms with Crippen molar-refractivity contribution in [2.45, 2.75) is 46.3 Å². The average molecular weight is 305 g/mol. The summed E-state index contributed by atoms with van der Waals surface area (Å²) < 4.78 is 2.23. The highest BCUT2D eigenvalue weighted by Gasteiger charge is 2.21. The zero-order valence-electron chi connectivity index (χ0n) is 12.8. The Kier molecular flexibility index (Phi) is 4.55.